The van der Waals surface area contributed by atoms with Crippen molar-refractivity contribution in [1.82, 2.24) is 0 Å². The summed E-state index contributed by atoms with van der Waals surface area (Å²) in [7, 11) is 1.66. The molecule has 20 heavy (non-hydrogen) atoms. The number of carbonyl (C=O) groups excluding carboxylic acids is 1. The van der Waals surface area contributed by atoms with Crippen molar-refractivity contribution in [2.75, 3.05) is 7.11 Å². The Bertz CT molecular complexity index is 543. The van der Waals surface area contributed by atoms with Crippen molar-refractivity contribution in [2.24, 2.45) is 0 Å². The number of hydrogen-bond acceptors (Lipinski definition) is 2. The van der Waals surface area contributed by atoms with Crippen molar-refractivity contribution >= 4 is 12.4 Å². The molecule has 0 heterocycles. The fourth-order valence-corrected chi connectivity index (χ4v) is 1.51. The van der Waals surface area contributed by atoms with E-state index in [0.717, 1.165) is 28.7 Å². The maximum absolute atomic E-state index is 10.3. The minimum absolute atomic E-state index is 0.791. The first-order valence-corrected chi connectivity index (χ1v) is 6.45. The van der Waals surface area contributed by atoms with E-state index in [-0.39, 0.29) is 0 Å². The summed E-state index contributed by atoms with van der Waals surface area (Å²) in [6.45, 7) is 3.92. The lowest BCUT2D eigenvalue weighted by Gasteiger charge is -1.99. The Morgan fingerprint density at radius 3 is 2.25 bits per heavy atom. The Morgan fingerprint density at radius 2 is 1.65 bits per heavy atom. The summed E-state index contributed by atoms with van der Waals surface area (Å²) in [6.07, 6.45) is 12.3. The lowest BCUT2D eigenvalue weighted by molar-refractivity contribution is -0.104. The average Bonchev–Trinajstić information content (AvgIpc) is 2.46. The molecule has 0 aromatic heterocycles. The maximum atomic E-state index is 10.3. The third-order valence-electron chi connectivity index (χ3n) is 2.70. The molecule has 1 aromatic carbocycles. The predicted octanol–water partition coefficient (Wildman–Crippen LogP) is 4.36. The first-order chi connectivity index (χ1) is 9.65. The summed E-state index contributed by atoms with van der Waals surface area (Å²) in [4.78, 5) is 10.3. The first-order valence-electron chi connectivity index (χ1n) is 6.45. The SMILES string of the molecule is COc1ccc(/C=C/C(C)=C/C=C/C(C)=C/C=O)cc1. The number of ether oxygens (including phenoxy) is 1. The van der Waals surface area contributed by atoms with Gasteiger partial charge in [-0.05, 0) is 43.2 Å². The monoisotopic (exact) mass is 268 g/mol. The molecule has 0 spiro atoms. The van der Waals surface area contributed by atoms with Crippen molar-refractivity contribution in [3.63, 3.8) is 0 Å². The van der Waals surface area contributed by atoms with Crippen LogP contribution in [0.25, 0.3) is 6.08 Å². The second kappa shape index (κ2) is 8.70. The van der Waals surface area contributed by atoms with Crippen LogP contribution in [0.1, 0.15) is 19.4 Å². The Hall–Kier alpha value is -2.35. The van der Waals surface area contributed by atoms with Gasteiger partial charge in [-0.3, -0.25) is 4.79 Å². The van der Waals surface area contributed by atoms with Gasteiger partial charge in [-0.1, -0.05) is 48.1 Å². The van der Waals surface area contributed by atoms with Crippen LogP contribution in [-0.2, 0) is 4.79 Å². The molecule has 0 fully saturated rings. The molecule has 0 aliphatic rings. The highest BCUT2D eigenvalue weighted by molar-refractivity contribution is 5.67. The molecule has 0 atom stereocenters. The van der Waals surface area contributed by atoms with E-state index in [9.17, 15) is 4.79 Å². The van der Waals surface area contributed by atoms with Gasteiger partial charge in [-0.15, -0.1) is 0 Å². The summed E-state index contributed by atoms with van der Waals surface area (Å²) < 4.78 is 5.12. The molecule has 0 aliphatic carbocycles. The molecule has 104 valence electrons. The second-order valence-electron chi connectivity index (χ2n) is 4.42. The van der Waals surface area contributed by atoms with Gasteiger partial charge in [0.25, 0.3) is 0 Å². The molecular formula is C18H20O2. The van der Waals surface area contributed by atoms with E-state index in [4.69, 9.17) is 4.74 Å². The van der Waals surface area contributed by atoms with E-state index in [1.807, 2.05) is 68.5 Å². The molecule has 0 radical (unpaired) electrons. The zero-order valence-electron chi connectivity index (χ0n) is 12.2. The number of methoxy groups -OCH3 is 1. The normalized spacial score (nSPS) is 13.2. The third-order valence-corrected chi connectivity index (χ3v) is 2.70. The second-order valence-corrected chi connectivity index (χ2v) is 4.42. The topological polar surface area (TPSA) is 26.3 Å². The van der Waals surface area contributed by atoms with Crippen LogP contribution in [0, 0.1) is 0 Å². The van der Waals surface area contributed by atoms with E-state index >= 15 is 0 Å². The van der Waals surface area contributed by atoms with Gasteiger partial charge < -0.3 is 4.74 Å². The van der Waals surface area contributed by atoms with Gasteiger partial charge in [0.1, 0.15) is 12.0 Å². The molecule has 0 unspecified atom stereocenters. The number of hydrogen-bond donors (Lipinski definition) is 0. The van der Waals surface area contributed by atoms with Crippen molar-refractivity contribution in [3.8, 4) is 5.75 Å². The molecule has 0 amide bonds. The molecule has 0 aliphatic heterocycles. The van der Waals surface area contributed by atoms with Crippen molar-refractivity contribution in [1.29, 1.82) is 0 Å². The summed E-state index contributed by atoms with van der Waals surface area (Å²) in [5.74, 6) is 0.856. The van der Waals surface area contributed by atoms with E-state index in [2.05, 4.69) is 0 Å². The summed E-state index contributed by atoms with van der Waals surface area (Å²) >= 11 is 0. The predicted molar refractivity (Wildman–Crippen MR) is 84.7 cm³/mol. The summed E-state index contributed by atoms with van der Waals surface area (Å²) in [5, 5.41) is 0. The van der Waals surface area contributed by atoms with Gasteiger partial charge >= 0.3 is 0 Å². The van der Waals surface area contributed by atoms with E-state index in [0.29, 0.717) is 0 Å². The minimum Gasteiger partial charge on any atom is -0.497 e. The fourth-order valence-electron chi connectivity index (χ4n) is 1.51. The molecule has 2 heteroatoms. The fraction of sp³-hybridized carbons (Fsp3) is 0.167. The van der Waals surface area contributed by atoms with Crippen LogP contribution in [0.3, 0.4) is 0 Å². The van der Waals surface area contributed by atoms with Crippen LogP contribution >= 0.6 is 0 Å². The quantitative estimate of drug-likeness (QED) is 0.435. The third kappa shape index (κ3) is 6.01. The molecule has 0 saturated carbocycles. The molecule has 1 aromatic rings. The van der Waals surface area contributed by atoms with E-state index in [1.165, 1.54) is 6.08 Å². The standard InChI is InChI=1S/C18H20O2/c1-15(5-4-6-16(2)13-14-19)7-8-17-9-11-18(20-3)12-10-17/h4-14H,1-3H3/b6-4+,8-7+,15-5+,16-13+. The highest BCUT2D eigenvalue weighted by atomic mass is 16.5. The molecule has 2 nitrogen and oxygen atoms in total. The number of benzene rings is 1. The van der Waals surface area contributed by atoms with E-state index in [1.54, 1.807) is 7.11 Å². The average molecular weight is 268 g/mol. The highest BCUT2D eigenvalue weighted by Gasteiger charge is 1.89. The molecule has 0 saturated heterocycles. The van der Waals surface area contributed by atoms with Crippen molar-refractivity contribution in [3.05, 3.63) is 71.4 Å². The van der Waals surface area contributed by atoms with Gasteiger partial charge in [0, 0.05) is 0 Å². The van der Waals surface area contributed by atoms with Crippen molar-refractivity contribution < 1.29 is 9.53 Å². The first kappa shape index (κ1) is 15.7. The molecule has 0 bridgehead atoms. The molecule has 0 N–H and O–H groups in total. The number of carbonyl (C=O) groups is 1. The van der Waals surface area contributed by atoms with Crippen molar-refractivity contribution in [2.45, 2.75) is 13.8 Å². The number of allylic oxidation sites excluding steroid dienone is 7. The van der Waals surface area contributed by atoms with Crippen LogP contribution in [0.2, 0.25) is 0 Å². The van der Waals surface area contributed by atoms with E-state index < -0.39 is 0 Å². The zero-order chi connectivity index (χ0) is 14.8. The zero-order valence-corrected chi connectivity index (χ0v) is 12.2. The molecule has 1 rings (SSSR count). The Kier molecular flexibility index (Phi) is 6.83. The maximum Gasteiger partial charge on any atom is 0.143 e. The van der Waals surface area contributed by atoms with Gasteiger partial charge in [-0.2, -0.15) is 0 Å². The number of rotatable bonds is 6. The Balaban J connectivity index is 2.64. The Labute approximate surface area is 120 Å². The summed E-state index contributed by atoms with van der Waals surface area (Å²) in [6, 6.07) is 7.89. The van der Waals surface area contributed by atoms with Crippen LogP contribution < -0.4 is 4.74 Å². The van der Waals surface area contributed by atoms with Gasteiger partial charge in [0.15, 0.2) is 0 Å². The van der Waals surface area contributed by atoms with Crippen LogP contribution in [0.5, 0.6) is 5.75 Å². The molecular weight excluding hydrogens is 248 g/mol. The number of aldehydes is 1. The van der Waals surface area contributed by atoms with Gasteiger partial charge in [-0.25, -0.2) is 0 Å². The van der Waals surface area contributed by atoms with Crippen LogP contribution in [-0.4, -0.2) is 13.4 Å². The lowest BCUT2D eigenvalue weighted by Crippen LogP contribution is -1.81. The van der Waals surface area contributed by atoms with Crippen LogP contribution in [0.15, 0.2) is 65.8 Å². The highest BCUT2D eigenvalue weighted by Crippen LogP contribution is 2.13. The Morgan fingerprint density at radius 1 is 1.00 bits per heavy atom. The van der Waals surface area contributed by atoms with Crippen LogP contribution in [0.4, 0.5) is 0 Å². The van der Waals surface area contributed by atoms with Gasteiger partial charge in [0.2, 0.25) is 0 Å². The van der Waals surface area contributed by atoms with Gasteiger partial charge in [0.05, 0.1) is 7.11 Å². The minimum atomic E-state index is 0.791. The largest absolute Gasteiger partial charge is 0.497 e. The lowest BCUT2D eigenvalue weighted by atomic mass is 10.1. The smallest absolute Gasteiger partial charge is 0.143 e. The summed E-state index contributed by atoms with van der Waals surface area (Å²) in [5.41, 5.74) is 3.19.